The number of hydrogen-bond donors (Lipinski definition) is 1. The normalized spacial score (nSPS) is 14.6. The second kappa shape index (κ2) is 2.30. The van der Waals surface area contributed by atoms with Crippen LogP contribution in [0.2, 0.25) is 0 Å². The topological polar surface area (TPSA) is 55.6 Å². The van der Waals surface area contributed by atoms with Gasteiger partial charge in [0.2, 0.25) is 0 Å². The van der Waals surface area contributed by atoms with Gasteiger partial charge in [0, 0.05) is 7.05 Å². The predicted molar refractivity (Wildman–Crippen MR) is 32.8 cm³/mol. The summed E-state index contributed by atoms with van der Waals surface area (Å²) in [6.45, 7) is 0. The van der Waals surface area contributed by atoms with Crippen LogP contribution in [0, 0.1) is 0 Å². The predicted octanol–water partition coefficient (Wildman–Crippen LogP) is -0.780. The lowest BCUT2D eigenvalue weighted by Crippen LogP contribution is -2.19. The second-order valence-electron chi connectivity index (χ2n) is 1.52. The fourth-order valence-corrected chi connectivity index (χ4v) is 0.486. The molecule has 1 heterocycles. The van der Waals surface area contributed by atoms with Crippen molar-refractivity contribution in [2.24, 2.45) is 5.10 Å². The molecule has 1 aliphatic rings. The van der Waals surface area contributed by atoms with Gasteiger partial charge in [-0.3, -0.25) is 4.79 Å². The minimum absolute atomic E-state index is 0.153. The maximum Gasteiger partial charge on any atom is 0.254 e. The van der Waals surface area contributed by atoms with Gasteiger partial charge in [-0.25, -0.2) is 0 Å². The van der Waals surface area contributed by atoms with Gasteiger partial charge in [0.1, 0.15) is 0 Å². The van der Waals surface area contributed by atoms with Gasteiger partial charge in [-0.2, -0.15) is 10.5 Å². The Kier molecular flexibility index (Phi) is 1.48. The van der Waals surface area contributed by atoms with Gasteiger partial charge in [-0.15, -0.1) is 0 Å². The molecule has 0 aliphatic carbocycles. The van der Waals surface area contributed by atoms with E-state index < -0.39 is 0 Å². The maximum atomic E-state index is 10.7. The lowest BCUT2D eigenvalue weighted by Gasteiger charge is -1.91. The Labute approximate surface area is 52.6 Å². The number of nitrogens with zero attached hydrogens (tertiary/aromatic N) is 2. The van der Waals surface area contributed by atoms with Gasteiger partial charge in [0.25, 0.3) is 5.91 Å². The molecule has 0 bridgehead atoms. The molecule has 1 rings (SSSR count). The first-order chi connectivity index (χ1) is 4.34. The van der Waals surface area contributed by atoms with E-state index >= 15 is 0 Å². The Hall–Kier alpha value is -1.32. The standard InChI is InChI=1S/C5H6N3O/c1-6-5(9)4-2-7-8-3-4/h2-3H,1H3,(H,6,9). The van der Waals surface area contributed by atoms with E-state index in [1.807, 2.05) is 0 Å². The van der Waals surface area contributed by atoms with Crippen LogP contribution in [0.15, 0.2) is 16.9 Å². The van der Waals surface area contributed by atoms with Crippen molar-refractivity contribution in [3.05, 3.63) is 11.8 Å². The first kappa shape index (κ1) is 5.81. The van der Waals surface area contributed by atoms with Crippen molar-refractivity contribution in [1.29, 1.82) is 0 Å². The first-order valence-electron chi connectivity index (χ1n) is 2.50. The smallest absolute Gasteiger partial charge is 0.254 e. The van der Waals surface area contributed by atoms with Crippen LogP contribution in [-0.4, -0.2) is 19.2 Å². The van der Waals surface area contributed by atoms with Crippen molar-refractivity contribution in [3.8, 4) is 0 Å². The van der Waals surface area contributed by atoms with E-state index in [0.717, 1.165) is 0 Å². The number of hydrogen-bond acceptors (Lipinski definition) is 2. The fourth-order valence-electron chi connectivity index (χ4n) is 0.486. The van der Waals surface area contributed by atoms with E-state index in [9.17, 15) is 4.79 Å². The number of carbonyl (C=O) groups excluding carboxylic acids is 1. The van der Waals surface area contributed by atoms with Gasteiger partial charge >= 0.3 is 0 Å². The molecule has 1 amide bonds. The summed E-state index contributed by atoms with van der Waals surface area (Å²) in [6, 6.07) is 0. The summed E-state index contributed by atoms with van der Waals surface area (Å²) in [4.78, 5) is 10.7. The third-order valence-electron chi connectivity index (χ3n) is 0.950. The zero-order valence-corrected chi connectivity index (χ0v) is 4.96. The lowest BCUT2D eigenvalue weighted by molar-refractivity contribution is -0.116. The molecule has 1 aliphatic heterocycles. The first-order valence-corrected chi connectivity index (χ1v) is 2.50. The van der Waals surface area contributed by atoms with Crippen molar-refractivity contribution < 1.29 is 4.79 Å². The SMILES string of the molecule is CNC(=O)C1=C[N]N=C1. The van der Waals surface area contributed by atoms with E-state index in [0.29, 0.717) is 5.57 Å². The molecule has 1 radical (unpaired) electrons. The third-order valence-corrected chi connectivity index (χ3v) is 0.950. The van der Waals surface area contributed by atoms with Crippen LogP contribution in [0.5, 0.6) is 0 Å². The molecular formula is C5H6N3O. The molecule has 4 heteroatoms. The molecule has 9 heavy (non-hydrogen) atoms. The molecule has 0 saturated heterocycles. The molecule has 1 N–H and O–H groups in total. The Morgan fingerprint density at radius 3 is 3.00 bits per heavy atom. The minimum atomic E-state index is -0.153. The molecule has 0 saturated carbocycles. The number of carbonyl (C=O) groups is 1. The Bertz CT molecular complexity index is 183. The van der Waals surface area contributed by atoms with Gasteiger partial charge in [0.05, 0.1) is 18.0 Å². The van der Waals surface area contributed by atoms with Crippen LogP contribution in [0.4, 0.5) is 0 Å². The zero-order valence-electron chi connectivity index (χ0n) is 4.96. The highest BCUT2D eigenvalue weighted by Gasteiger charge is 2.07. The molecule has 0 aromatic carbocycles. The Morgan fingerprint density at radius 1 is 1.78 bits per heavy atom. The monoisotopic (exact) mass is 124 g/mol. The molecular weight excluding hydrogens is 118 g/mol. The van der Waals surface area contributed by atoms with Crippen LogP contribution >= 0.6 is 0 Å². The number of rotatable bonds is 1. The number of likely N-dealkylation sites (N-methyl/N-ethyl adjacent to an activating group) is 1. The van der Waals surface area contributed by atoms with Crippen molar-refractivity contribution in [1.82, 2.24) is 10.7 Å². The highest BCUT2D eigenvalue weighted by atomic mass is 16.1. The van der Waals surface area contributed by atoms with Crippen molar-refractivity contribution >= 4 is 12.1 Å². The molecule has 47 valence electrons. The van der Waals surface area contributed by atoms with Crippen molar-refractivity contribution in [2.75, 3.05) is 7.05 Å². The summed E-state index contributed by atoms with van der Waals surface area (Å²) in [5.41, 5.74) is 3.98. The summed E-state index contributed by atoms with van der Waals surface area (Å²) < 4.78 is 0. The van der Waals surface area contributed by atoms with Crippen LogP contribution in [0.25, 0.3) is 0 Å². The van der Waals surface area contributed by atoms with E-state index in [2.05, 4.69) is 15.8 Å². The largest absolute Gasteiger partial charge is 0.355 e. The van der Waals surface area contributed by atoms with Crippen molar-refractivity contribution in [2.45, 2.75) is 0 Å². The highest BCUT2D eigenvalue weighted by Crippen LogP contribution is 1.93. The van der Waals surface area contributed by atoms with Gasteiger partial charge < -0.3 is 5.32 Å². The summed E-state index contributed by atoms with van der Waals surface area (Å²) in [6.07, 6.45) is 2.83. The lowest BCUT2D eigenvalue weighted by atomic mass is 10.3. The fraction of sp³-hybridized carbons (Fsp3) is 0.200. The quantitative estimate of drug-likeness (QED) is 0.489. The van der Waals surface area contributed by atoms with Crippen LogP contribution in [-0.2, 0) is 4.79 Å². The van der Waals surface area contributed by atoms with Gasteiger partial charge in [0.15, 0.2) is 0 Å². The molecule has 0 unspecified atom stereocenters. The molecule has 0 spiro atoms. The van der Waals surface area contributed by atoms with Crippen LogP contribution < -0.4 is 10.7 Å². The van der Waals surface area contributed by atoms with E-state index in [1.54, 1.807) is 7.05 Å². The zero-order chi connectivity index (χ0) is 6.69. The number of amides is 1. The molecule has 0 fully saturated rings. The van der Waals surface area contributed by atoms with Crippen molar-refractivity contribution in [3.63, 3.8) is 0 Å². The molecule has 4 nitrogen and oxygen atoms in total. The van der Waals surface area contributed by atoms with Crippen LogP contribution in [0.3, 0.4) is 0 Å². The summed E-state index contributed by atoms with van der Waals surface area (Å²) in [7, 11) is 1.56. The maximum absolute atomic E-state index is 10.7. The summed E-state index contributed by atoms with van der Waals surface area (Å²) in [5.74, 6) is -0.153. The average molecular weight is 124 g/mol. The van der Waals surface area contributed by atoms with Gasteiger partial charge in [-0.05, 0) is 0 Å². The Morgan fingerprint density at radius 2 is 2.56 bits per heavy atom. The summed E-state index contributed by atoms with van der Waals surface area (Å²) >= 11 is 0. The molecule has 0 aromatic heterocycles. The van der Waals surface area contributed by atoms with Gasteiger partial charge in [-0.1, -0.05) is 0 Å². The third kappa shape index (κ3) is 1.07. The summed E-state index contributed by atoms with van der Waals surface area (Å²) in [5, 5.41) is 5.93. The Balaban J connectivity index is 2.62. The van der Waals surface area contributed by atoms with Crippen LogP contribution in [0.1, 0.15) is 0 Å². The second-order valence-corrected chi connectivity index (χ2v) is 1.52. The molecule has 0 atom stereocenters. The molecule has 0 aromatic rings. The van der Waals surface area contributed by atoms with E-state index in [-0.39, 0.29) is 5.91 Å². The van der Waals surface area contributed by atoms with E-state index in [4.69, 9.17) is 0 Å². The van der Waals surface area contributed by atoms with E-state index in [1.165, 1.54) is 12.4 Å². The number of nitrogens with one attached hydrogen (secondary N) is 1. The average Bonchev–Trinajstić information content (AvgIpc) is 2.37. The minimum Gasteiger partial charge on any atom is -0.355 e. The highest BCUT2D eigenvalue weighted by molar-refractivity contribution is 6.12.